The van der Waals surface area contributed by atoms with Crippen LogP contribution in [-0.4, -0.2) is 55.6 Å². The summed E-state index contributed by atoms with van der Waals surface area (Å²) in [7, 11) is 0. The van der Waals surface area contributed by atoms with Gasteiger partial charge in [-0.2, -0.15) is 5.10 Å². The molecule has 1 amide bonds. The average molecular weight is 518 g/mol. The van der Waals surface area contributed by atoms with Gasteiger partial charge in [-0.15, -0.1) is 0 Å². The molecule has 10 nitrogen and oxygen atoms in total. The smallest absolute Gasteiger partial charge is 0.407 e. The molecule has 5 rings (SSSR count). The molecule has 3 N–H and O–H groups in total. The van der Waals surface area contributed by atoms with E-state index in [4.69, 9.17) is 21.1 Å². The zero-order valence-electron chi connectivity index (χ0n) is 19.2. The number of rotatable bonds is 6. The molecule has 0 unspecified atom stereocenters. The lowest BCUT2D eigenvalue weighted by Gasteiger charge is -2.16. The van der Waals surface area contributed by atoms with Gasteiger partial charge >= 0.3 is 6.09 Å². The molecule has 1 fully saturated rings. The van der Waals surface area contributed by atoms with Gasteiger partial charge in [-0.1, -0.05) is 11.6 Å². The van der Waals surface area contributed by atoms with E-state index in [0.717, 1.165) is 0 Å². The highest BCUT2D eigenvalue weighted by Gasteiger charge is 2.42. The molecule has 1 aliphatic rings. The van der Waals surface area contributed by atoms with Crippen LogP contribution in [-0.2, 0) is 9.47 Å². The first-order chi connectivity index (χ1) is 17.3. The number of aromatic amines is 1. The van der Waals surface area contributed by atoms with E-state index in [-0.39, 0.29) is 17.7 Å². The van der Waals surface area contributed by atoms with Gasteiger partial charge in [-0.25, -0.2) is 23.5 Å². The minimum atomic E-state index is -1.58. The van der Waals surface area contributed by atoms with Crippen LogP contribution < -0.4 is 10.6 Å². The standard InChI is InChI=1S/C23H22ClF2N7O3/c1-11(2)28-23(34)36-17-10-35-21(20(17)26)16-8-18(32-31-16)30-22-29-15(9-19-27-5-6-33(19)22)12-3-4-14(25)13(24)7-12/h3-9,11,17,20-21H,10H2,1-2H3,(H,28,34)(H2,29,30,31,32)/t17-,20+,21-/m1/s1. The van der Waals surface area contributed by atoms with Crippen molar-refractivity contribution in [1.29, 1.82) is 0 Å². The number of imidazole rings is 1. The molecule has 36 heavy (non-hydrogen) atoms. The van der Waals surface area contributed by atoms with Crippen molar-refractivity contribution >= 4 is 35.1 Å². The second-order valence-electron chi connectivity index (χ2n) is 8.52. The molecule has 0 saturated carbocycles. The summed E-state index contributed by atoms with van der Waals surface area (Å²) in [5.41, 5.74) is 2.06. The van der Waals surface area contributed by atoms with Crippen LogP contribution in [0.2, 0.25) is 5.02 Å². The molecule has 0 aliphatic carbocycles. The van der Waals surface area contributed by atoms with Crippen LogP contribution >= 0.6 is 11.6 Å². The number of carbonyl (C=O) groups is 1. The summed E-state index contributed by atoms with van der Waals surface area (Å²) >= 11 is 5.94. The molecule has 0 bridgehead atoms. The number of alkyl carbamates (subject to hydrolysis) is 1. The number of alkyl halides is 1. The Kier molecular flexibility index (Phi) is 6.46. The minimum absolute atomic E-state index is 0.0229. The van der Waals surface area contributed by atoms with Gasteiger partial charge in [0.25, 0.3) is 0 Å². The van der Waals surface area contributed by atoms with Crippen LogP contribution in [0.1, 0.15) is 25.6 Å². The number of ether oxygens (including phenoxy) is 2. The monoisotopic (exact) mass is 517 g/mol. The number of H-pyrrole nitrogens is 1. The molecule has 1 saturated heterocycles. The lowest BCUT2D eigenvalue weighted by atomic mass is 10.1. The van der Waals surface area contributed by atoms with E-state index in [1.165, 1.54) is 12.1 Å². The molecule has 1 aromatic carbocycles. The molecule has 0 radical (unpaired) electrons. The Labute approximate surface area is 209 Å². The van der Waals surface area contributed by atoms with E-state index < -0.39 is 30.3 Å². The van der Waals surface area contributed by atoms with Gasteiger partial charge in [0.15, 0.2) is 18.1 Å². The largest absolute Gasteiger partial charge is 0.441 e. The van der Waals surface area contributed by atoms with E-state index in [0.29, 0.717) is 34.4 Å². The van der Waals surface area contributed by atoms with E-state index in [2.05, 4.69) is 30.8 Å². The van der Waals surface area contributed by atoms with Crippen LogP contribution in [0.5, 0.6) is 0 Å². The Morgan fingerprint density at radius 3 is 2.94 bits per heavy atom. The molecular weight excluding hydrogens is 496 g/mol. The SMILES string of the molecule is CC(C)NC(=O)O[C@@H]1CO[C@H](c2cc(Nc3nc(-c4ccc(F)c(Cl)c4)cc4nccn34)n[nH]2)[C@H]1F. The van der Waals surface area contributed by atoms with Gasteiger partial charge in [0, 0.05) is 36.1 Å². The molecular formula is C23H22ClF2N7O3. The highest BCUT2D eigenvalue weighted by atomic mass is 35.5. The lowest BCUT2D eigenvalue weighted by Crippen LogP contribution is -2.36. The predicted octanol–water partition coefficient (Wildman–Crippen LogP) is 4.57. The Hall–Kier alpha value is -3.77. The molecule has 1 aliphatic heterocycles. The number of nitrogens with one attached hydrogen (secondary N) is 3. The maximum Gasteiger partial charge on any atom is 0.407 e. The Bertz CT molecular complexity index is 1410. The first kappa shape index (κ1) is 23.9. The van der Waals surface area contributed by atoms with Crippen molar-refractivity contribution in [3.05, 3.63) is 59.3 Å². The molecule has 188 valence electrons. The predicted molar refractivity (Wildman–Crippen MR) is 127 cm³/mol. The second-order valence-corrected chi connectivity index (χ2v) is 8.93. The quantitative estimate of drug-likeness (QED) is 0.343. The molecule has 3 aromatic heterocycles. The maximum atomic E-state index is 15.0. The highest BCUT2D eigenvalue weighted by molar-refractivity contribution is 6.31. The van der Waals surface area contributed by atoms with E-state index in [1.807, 2.05) is 0 Å². The lowest BCUT2D eigenvalue weighted by molar-refractivity contribution is 0.0615. The number of benzene rings is 1. The van der Waals surface area contributed by atoms with Crippen LogP contribution in [0.15, 0.2) is 42.7 Å². The summed E-state index contributed by atoms with van der Waals surface area (Å²) < 4.78 is 41.0. The normalized spacial score (nSPS) is 19.7. The fourth-order valence-electron chi connectivity index (χ4n) is 3.82. The first-order valence-electron chi connectivity index (χ1n) is 11.1. The number of nitrogens with zero attached hydrogens (tertiary/aromatic N) is 4. The summed E-state index contributed by atoms with van der Waals surface area (Å²) in [5.74, 6) is 0.187. The van der Waals surface area contributed by atoms with Crippen molar-refractivity contribution in [2.24, 2.45) is 0 Å². The maximum absolute atomic E-state index is 15.0. The highest BCUT2D eigenvalue weighted by Crippen LogP contribution is 2.34. The molecule has 4 heterocycles. The number of anilines is 2. The number of hydrogen-bond donors (Lipinski definition) is 3. The molecule has 4 aromatic rings. The summed E-state index contributed by atoms with van der Waals surface area (Å²) in [6.07, 6.45) is -0.997. The summed E-state index contributed by atoms with van der Waals surface area (Å²) in [6, 6.07) is 7.50. The summed E-state index contributed by atoms with van der Waals surface area (Å²) in [6.45, 7) is 3.47. The minimum Gasteiger partial charge on any atom is -0.441 e. The third-order valence-electron chi connectivity index (χ3n) is 5.50. The Morgan fingerprint density at radius 2 is 2.17 bits per heavy atom. The zero-order chi connectivity index (χ0) is 25.4. The Morgan fingerprint density at radius 1 is 1.33 bits per heavy atom. The van der Waals surface area contributed by atoms with E-state index in [1.54, 1.807) is 48.8 Å². The number of aromatic nitrogens is 5. The number of fused-ring (bicyclic) bond motifs is 1. The number of hydrogen-bond acceptors (Lipinski definition) is 7. The second kappa shape index (κ2) is 9.70. The average Bonchev–Trinajstić information content (AvgIpc) is 3.56. The van der Waals surface area contributed by atoms with Gasteiger partial charge in [-0.3, -0.25) is 9.50 Å². The molecule has 0 spiro atoms. The van der Waals surface area contributed by atoms with Crippen molar-refractivity contribution in [3.8, 4) is 11.3 Å². The van der Waals surface area contributed by atoms with Crippen molar-refractivity contribution in [2.45, 2.75) is 38.3 Å². The van der Waals surface area contributed by atoms with Crippen LogP contribution in [0.3, 0.4) is 0 Å². The summed E-state index contributed by atoms with van der Waals surface area (Å²) in [4.78, 5) is 20.7. The van der Waals surface area contributed by atoms with Crippen LogP contribution in [0, 0.1) is 5.82 Å². The van der Waals surface area contributed by atoms with Gasteiger partial charge < -0.3 is 20.1 Å². The van der Waals surface area contributed by atoms with E-state index >= 15 is 0 Å². The van der Waals surface area contributed by atoms with Crippen LogP contribution in [0.4, 0.5) is 25.3 Å². The van der Waals surface area contributed by atoms with Gasteiger partial charge in [-0.05, 0) is 32.0 Å². The first-order valence-corrected chi connectivity index (χ1v) is 11.5. The van der Waals surface area contributed by atoms with Gasteiger partial charge in [0.05, 0.1) is 23.0 Å². The number of halogens is 3. The zero-order valence-corrected chi connectivity index (χ0v) is 20.0. The topological polar surface area (TPSA) is 118 Å². The van der Waals surface area contributed by atoms with Crippen molar-refractivity contribution in [3.63, 3.8) is 0 Å². The number of carbonyl (C=O) groups excluding carboxylic acids is 1. The van der Waals surface area contributed by atoms with Crippen LogP contribution in [0.25, 0.3) is 16.9 Å². The van der Waals surface area contributed by atoms with Crippen molar-refractivity contribution in [1.82, 2.24) is 29.9 Å². The number of amides is 1. The fourth-order valence-corrected chi connectivity index (χ4v) is 4.00. The summed E-state index contributed by atoms with van der Waals surface area (Å²) in [5, 5.41) is 12.6. The van der Waals surface area contributed by atoms with E-state index in [9.17, 15) is 13.6 Å². The van der Waals surface area contributed by atoms with Crippen molar-refractivity contribution in [2.75, 3.05) is 11.9 Å². The third-order valence-corrected chi connectivity index (χ3v) is 5.79. The van der Waals surface area contributed by atoms with Gasteiger partial charge in [0.2, 0.25) is 5.95 Å². The van der Waals surface area contributed by atoms with Crippen molar-refractivity contribution < 1.29 is 23.0 Å². The van der Waals surface area contributed by atoms with Gasteiger partial charge in [0.1, 0.15) is 17.6 Å². The Balaban J connectivity index is 1.35. The fraction of sp³-hybridized carbons (Fsp3) is 0.304. The molecule has 13 heteroatoms. The third kappa shape index (κ3) is 4.82. The molecule has 3 atom stereocenters.